The van der Waals surface area contributed by atoms with Crippen LogP contribution >= 0.6 is 0 Å². The molecule has 1 heterocycles. The molecule has 2 N–H and O–H groups in total. The number of nitrogens with zero attached hydrogens (tertiary/aromatic N) is 2. The molecule has 0 aliphatic rings. The Morgan fingerprint density at radius 3 is 2.24 bits per heavy atom. The monoisotopic (exact) mass is 337 g/mol. The van der Waals surface area contributed by atoms with Gasteiger partial charge in [0.25, 0.3) is 11.2 Å². The molecule has 0 saturated carbocycles. The van der Waals surface area contributed by atoms with Crippen LogP contribution in [0.25, 0.3) is 22.6 Å². The highest BCUT2D eigenvalue weighted by Crippen LogP contribution is 2.24. The third-order valence-electron chi connectivity index (χ3n) is 3.53. The van der Waals surface area contributed by atoms with Gasteiger partial charge in [-0.05, 0) is 12.1 Å². The van der Waals surface area contributed by atoms with Crippen molar-refractivity contribution in [3.8, 4) is 22.6 Å². The summed E-state index contributed by atoms with van der Waals surface area (Å²) in [6.45, 7) is 0. The van der Waals surface area contributed by atoms with E-state index in [2.05, 4.69) is 9.97 Å². The molecule has 0 saturated heterocycles. The number of nitrogens with one attached hydrogen (secondary N) is 1. The maximum atomic E-state index is 12.2. The zero-order chi connectivity index (χ0) is 18.0. The van der Waals surface area contributed by atoms with Crippen LogP contribution in [0.15, 0.2) is 59.4 Å². The SMILES string of the molecule is O=C(O)c1c(-c2ccccc2)nc(-c2ccc([N+](=O)[O-])cc2)[nH]c1=O. The minimum atomic E-state index is -1.39. The zero-order valence-electron chi connectivity index (χ0n) is 12.7. The van der Waals surface area contributed by atoms with Gasteiger partial charge in [0, 0.05) is 23.3 Å². The molecule has 0 atom stereocenters. The number of aromatic nitrogens is 2. The Morgan fingerprint density at radius 2 is 1.68 bits per heavy atom. The first kappa shape index (κ1) is 16.1. The van der Waals surface area contributed by atoms with E-state index in [0.29, 0.717) is 11.1 Å². The maximum Gasteiger partial charge on any atom is 0.343 e. The third kappa shape index (κ3) is 3.13. The summed E-state index contributed by atoms with van der Waals surface area (Å²) in [5.74, 6) is -1.26. The van der Waals surface area contributed by atoms with E-state index in [1.165, 1.54) is 24.3 Å². The number of aromatic amines is 1. The lowest BCUT2D eigenvalue weighted by Crippen LogP contribution is -2.21. The van der Waals surface area contributed by atoms with Gasteiger partial charge >= 0.3 is 5.97 Å². The van der Waals surface area contributed by atoms with Crippen molar-refractivity contribution >= 4 is 11.7 Å². The normalized spacial score (nSPS) is 10.4. The van der Waals surface area contributed by atoms with E-state index < -0.39 is 22.0 Å². The number of aromatic carboxylic acids is 1. The largest absolute Gasteiger partial charge is 0.477 e. The average Bonchev–Trinajstić information content (AvgIpc) is 2.61. The standard InChI is InChI=1S/C17H11N3O5/c21-16-13(17(22)23)14(10-4-2-1-3-5-10)18-15(19-16)11-6-8-12(9-7-11)20(24)25/h1-9H,(H,22,23)(H,18,19,21). The molecule has 8 nitrogen and oxygen atoms in total. The molecule has 0 aliphatic heterocycles. The number of carboxylic acids is 1. The Balaban J connectivity index is 2.20. The van der Waals surface area contributed by atoms with Crippen molar-refractivity contribution in [3.63, 3.8) is 0 Å². The van der Waals surface area contributed by atoms with E-state index in [1.807, 2.05) is 0 Å². The number of non-ortho nitro benzene ring substituents is 1. The first-order chi connectivity index (χ1) is 12.0. The fourth-order valence-corrected chi connectivity index (χ4v) is 2.35. The van der Waals surface area contributed by atoms with Gasteiger partial charge in [0.2, 0.25) is 0 Å². The van der Waals surface area contributed by atoms with E-state index in [9.17, 15) is 24.8 Å². The van der Waals surface area contributed by atoms with Gasteiger partial charge in [0.05, 0.1) is 10.6 Å². The van der Waals surface area contributed by atoms with Crippen molar-refractivity contribution in [2.75, 3.05) is 0 Å². The number of rotatable bonds is 4. The van der Waals surface area contributed by atoms with Crippen molar-refractivity contribution in [1.29, 1.82) is 0 Å². The molecule has 0 unspecified atom stereocenters. The van der Waals surface area contributed by atoms with Crippen molar-refractivity contribution in [2.24, 2.45) is 0 Å². The number of hydrogen-bond donors (Lipinski definition) is 2. The highest BCUT2D eigenvalue weighted by molar-refractivity contribution is 5.94. The minimum Gasteiger partial charge on any atom is -0.477 e. The van der Waals surface area contributed by atoms with Crippen molar-refractivity contribution in [1.82, 2.24) is 9.97 Å². The van der Waals surface area contributed by atoms with Gasteiger partial charge in [-0.3, -0.25) is 14.9 Å². The average molecular weight is 337 g/mol. The fourth-order valence-electron chi connectivity index (χ4n) is 2.35. The molecule has 3 aromatic rings. The van der Waals surface area contributed by atoms with Gasteiger partial charge in [0.15, 0.2) is 5.56 Å². The summed E-state index contributed by atoms with van der Waals surface area (Å²) in [6, 6.07) is 13.9. The van der Waals surface area contributed by atoms with E-state index in [4.69, 9.17) is 0 Å². The Morgan fingerprint density at radius 1 is 1.04 bits per heavy atom. The highest BCUT2D eigenvalue weighted by Gasteiger charge is 2.20. The van der Waals surface area contributed by atoms with Crippen LogP contribution in [0, 0.1) is 10.1 Å². The van der Waals surface area contributed by atoms with Crippen molar-refractivity contribution in [2.45, 2.75) is 0 Å². The van der Waals surface area contributed by atoms with Crippen LogP contribution in [0.4, 0.5) is 5.69 Å². The zero-order valence-corrected chi connectivity index (χ0v) is 12.7. The lowest BCUT2D eigenvalue weighted by atomic mass is 10.1. The summed E-state index contributed by atoms with van der Waals surface area (Å²) in [5.41, 5.74) is -0.417. The molecule has 25 heavy (non-hydrogen) atoms. The quantitative estimate of drug-likeness (QED) is 0.557. The molecular weight excluding hydrogens is 326 g/mol. The summed E-state index contributed by atoms with van der Waals surface area (Å²) >= 11 is 0. The smallest absolute Gasteiger partial charge is 0.343 e. The lowest BCUT2D eigenvalue weighted by Gasteiger charge is -2.08. The maximum absolute atomic E-state index is 12.2. The number of H-pyrrole nitrogens is 1. The molecule has 1 aromatic heterocycles. The summed E-state index contributed by atoms with van der Waals surface area (Å²) in [4.78, 5) is 40.6. The molecule has 3 rings (SSSR count). The van der Waals surface area contributed by atoms with Crippen LogP contribution in [0.5, 0.6) is 0 Å². The molecule has 0 spiro atoms. The number of carbonyl (C=O) groups is 1. The predicted molar refractivity (Wildman–Crippen MR) is 89.3 cm³/mol. The summed E-state index contributed by atoms with van der Waals surface area (Å²) in [5, 5.41) is 20.1. The van der Waals surface area contributed by atoms with Gasteiger partial charge in [-0.1, -0.05) is 30.3 Å². The number of benzene rings is 2. The fraction of sp³-hybridized carbons (Fsp3) is 0. The van der Waals surface area contributed by atoms with Crippen LogP contribution < -0.4 is 5.56 Å². The number of carboxylic acid groups (broad SMARTS) is 1. The second-order valence-corrected chi connectivity index (χ2v) is 5.11. The topological polar surface area (TPSA) is 126 Å². The Bertz CT molecular complexity index is 1010. The van der Waals surface area contributed by atoms with Crippen LogP contribution in [-0.4, -0.2) is 26.0 Å². The Labute approximate surface area is 140 Å². The molecule has 8 heteroatoms. The number of nitro groups is 1. The predicted octanol–water partition coefficient (Wildman–Crippen LogP) is 2.71. The van der Waals surface area contributed by atoms with Gasteiger partial charge in [-0.2, -0.15) is 0 Å². The number of nitro benzene ring substituents is 1. The van der Waals surface area contributed by atoms with Crippen LogP contribution in [0.3, 0.4) is 0 Å². The van der Waals surface area contributed by atoms with Gasteiger partial charge in [-0.15, -0.1) is 0 Å². The second kappa shape index (κ2) is 6.36. The summed E-state index contributed by atoms with van der Waals surface area (Å²) < 4.78 is 0. The molecule has 0 fully saturated rings. The lowest BCUT2D eigenvalue weighted by molar-refractivity contribution is -0.384. The molecule has 0 amide bonds. The second-order valence-electron chi connectivity index (χ2n) is 5.11. The van der Waals surface area contributed by atoms with Crippen molar-refractivity contribution < 1.29 is 14.8 Å². The first-order valence-corrected chi connectivity index (χ1v) is 7.15. The third-order valence-corrected chi connectivity index (χ3v) is 3.53. The van der Waals surface area contributed by atoms with E-state index in [0.717, 1.165) is 0 Å². The molecule has 124 valence electrons. The first-order valence-electron chi connectivity index (χ1n) is 7.15. The van der Waals surface area contributed by atoms with Crippen LogP contribution in [0.1, 0.15) is 10.4 Å². The van der Waals surface area contributed by atoms with Gasteiger partial charge in [0.1, 0.15) is 5.82 Å². The molecule has 2 aromatic carbocycles. The Hall–Kier alpha value is -3.81. The van der Waals surface area contributed by atoms with E-state index >= 15 is 0 Å². The van der Waals surface area contributed by atoms with Gasteiger partial charge in [-0.25, -0.2) is 9.78 Å². The van der Waals surface area contributed by atoms with E-state index in [-0.39, 0.29) is 17.2 Å². The Kier molecular flexibility index (Phi) is 4.09. The van der Waals surface area contributed by atoms with Crippen molar-refractivity contribution in [3.05, 3.63) is 80.6 Å². The number of hydrogen-bond acceptors (Lipinski definition) is 5. The summed E-state index contributed by atoms with van der Waals surface area (Å²) in [6.07, 6.45) is 0. The highest BCUT2D eigenvalue weighted by atomic mass is 16.6. The molecule has 0 aliphatic carbocycles. The van der Waals surface area contributed by atoms with E-state index in [1.54, 1.807) is 30.3 Å². The molecular formula is C17H11N3O5. The minimum absolute atomic E-state index is 0.0326. The molecule has 0 radical (unpaired) electrons. The van der Waals surface area contributed by atoms with Crippen LogP contribution in [-0.2, 0) is 0 Å². The molecule has 0 bridgehead atoms. The van der Waals surface area contributed by atoms with Crippen LogP contribution in [0.2, 0.25) is 0 Å². The summed E-state index contributed by atoms with van der Waals surface area (Å²) in [7, 11) is 0. The van der Waals surface area contributed by atoms with Gasteiger partial charge < -0.3 is 10.1 Å².